The molecule has 0 amide bonds. The summed E-state index contributed by atoms with van der Waals surface area (Å²) in [6, 6.07) is 8.21. The van der Waals surface area contributed by atoms with Crippen molar-refractivity contribution >= 4 is 11.3 Å². The first-order chi connectivity index (χ1) is 10.8. The molecule has 0 aliphatic carbocycles. The molecule has 1 saturated heterocycles. The maximum atomic E-state index is 5.81. The highest BCUT2D eigenvalue weighted by Gasteiger charge is 2.20. The van der Waals surface area contributed by atoms with E-state index in [-0.39, 0.29) is 0 Å². The minimum absolute atomic E-state index is 0.341. The molecule has 1 aromatic carbocycles. The summed E-state index contributed by atoms with van der Waals surface area (Å²) >= 11 is 1.64. The molecule has 118 valence electrons. The van der Waals surface area contributed by atoms with Gasteiger partial charge in [0.2, 0.25) is 0 Å². The molecular weight excluding hydrogens is 296 g/mol. The lowest BCUT2D eigenvalue weighted by Gasteiger charge is -2.25. The first kappa shape index (κ1) is 15.5. The number of hydrogen-bond acceptors (Lipinski definition) is 5. The van der Waals surface area contributed by atoms with E-state index in [1.807, 2.05) is 17.6 Å². The van der Waals surface area contributed by atoms with E-state index in [2.05, 4.69) is 27.4 Å². The molecule has 4 nitrogen and oxygen atoms in total. The van der Waals surface area contributed by atoms with Crippen molar-refractivity contribution in [1.29, 1.82) is 0 Å². The van der Waals surface area contributed by atoms with Crippen molar-refractivity contribution in [1.82, 2.24) is 9.88 Å². The molecule has 2 aromatic rings. The normalized spacial score (nSPS) is 18.0. The highest BCUT2D eigenvalue weighted by Crippen LogP contribution is 2.22. The van der Waals surface area contributed by atoms with Crippen molar-refractivity contribution in [2.45, 2.75) is 32.0 Å². The van der Waals surface area contributed by atoms with Gasteiger partial charge >= 0.3 is 0 Å². The summed E-state index contributed by atoms with van der Waals surface area (Å²) in [5.74, 6) is 0.943. The smallest absolute Gasteiger partial charge is 0.123 e. The van der Waals surface area contributed by atoms with E-state index in [0.29, 0.717) is 6.10 Å². The number of benzene rings is 1. The summed E-state index contributed by atoms with van der Waals surface area (Å²) in [6.45, 7) is 3.53. The molecule has 1 aliphatic rings. The van der Waals surface area contributed by atoms with Crippen LogP contribution in [0, 0.1) is 0 Å². The number of rotatable bonds is 7. The number of nitrogens with zero attached hydrogens (tertiary/aromatic N) is 2. The van der Waals surface area contributed by atoms with Gasteiger partial charge in [-0.25, -0.2) is 4.98 Å². The largest absolute Gasteiger partial charge is 0.496 e. The van der Waals surface area contributed by atoms with Crippen molar-refractivity contribution < 1.29 is 9.47 Å². The molecule has 1 aliphatic heterocycles. The van der Waals surface area contributed by atoms with Crippen LogP contribution in [0.15, 0.2) is 35.2 Å². The molecular formula is C17H22N2O2S. The van der Waals surface area contributed by atoms with Gasteiger partial charge in [-0.1, -0.05) is 18.2 Å². The maximum Gasteiger partial charge on any atom is 0.123 e. The lowest BCUT2D eigenvalue weighted by molar-refractivity contribution is 0.0672. The Hall–Kier alpha value is -1.43. The number of hydrogen-bond donors (Lipinski definition) is 0. The average Bonchev–Trinajstić information content (AvgIpc) is 3.21. The molecule has 0 unspecified atom stereocenters. The molecule has 0 N–H and O–H groups in total. The highest BCUT2D eigenvalue weighted by atomic mass is 32.1. The van der Waals surface area contributed by atoms with Crippen LogP contribution in [0.5, 0.6) is 5.75 Å². The quantitative estimate of drug-likeness (QED) is 0.784. The van der Waals surface area contributed by atoms with Gasteiger partial charge in [0.05, 0.1) is 24.4 Å². The van der Waals surface area contributed by atoms with Gasteiger partial charge in [0.1, 0.15) is 5.75 Å². The molecule has 1 fully saturated rings. The topological polar surface area (TPSA) is 34.6 Å². The second-order valence-electron chi connectivity index (χ2n) is 5.60. The van der Waals surface area contributed by atoms with E-state index in [1.165, 1.54) is 12.0 Å². The zero-order valence-corrected chi connectivity index (χ0v) is 13.7. The minimum atomic E-state index is 0.341. The first-order valence-corrected chi connectivity index (χ1v) is 8.62. The summed E-state index contributed by atoms with van der Waals surface area (Å²) < 4.78 is 11.3. The van der Waals surface area contributed by atoms with E-state index in [4.69, 9.17) is 9.47 Å². The summed E-state index contributed by atoms with van der Waals surface area (Å²) in [6.07, 6.45) is 2.66. The summed E-state index contributed by atoms with van der Waals surface area (Å²) in [4.78, 5) is 6.83. The van der Waals surface area contributed by atoms with Crippen LogP contribution in [0.2, 0.25) is 0 Å². The number of para-hydroxylation sites is 1. The van der Waals surface area contributed by atoms with Gasteiger partial charge in [-0.3, -0.25) is 4.90 Å². The van der Waals surface area contributed by atoms with Gasteiger partial charge in [0.15, 0.2) is 0 Å². The number of aromatic nitrogens is 1. The molecule has 0 saturated carbocycles. The van der Waals surface area contributed by atoms with Crippen LogP contribution in [0.3, 0.4) is 0 Å². The van der Waals surface area contributed by atoms with Gasteiger partial charge in [0, 0.05) is 37.2 Å². The number of thiazole rings is 1. The third kappa shape index (κ3) is 4.06. The van der Waals surface area contributed by atoms with Crippen LogP contribution in [0.1, 0.15) is 24.1 Å². The van der Waals surface area contributed by atoms with E-state index in [0.717, 1.165) is 44.1 Å². The van der Waals surface area contributed by atoms with Crippen LogP contribution in [0.25, 0.3) is 0 Å². The van der Waals surface area contributed by atoms with Crippen LogP contribution in [-0.4, -0.2) is 36.2 Å². The van der Waals surface area contributed by atoms with Gasteiger partial charge < -0.3 is 9.47 Å². The standard InChI is InChI=1S/C17H22N2O2S/c1-20-17-7-3-2-5-14(17)9-19(10-15-12-22-13-18-15)11-16-6-4-8-21-16/h2-3,5,7,12-13,16H,4,6,8-11H2,1H3/t16-/m1/s1. The molecule has 1 aromatic heterocycles. The Bertz CT molecular complexity index is 568. The van der Waals surface area contributed by atoms with Gasteiger partial charge in [-0.2, -0.15) is 0 Å². The van der Waals surface area contributed by atoms with Crippen molar-refractivity contribution in [2.75, 3.05) is 20.3 Å². The molecule has 2 heterocycles. The predicted octanol–water partition coefficient (Wildman–Crippen LogP) is 3.33. The van der Waals surface area contributed by atoms with Crippen molar-refractivity contribution in [3.63, 3.8) is 0 Å². The molecule has 5 heteroatoms. The third-order valence-electron chi connectivity index (χ3n) is 3.94. The van der Waals surface area contributed by atoms with Gasteiger partial charge in [0.25, 0.3) is 0 Å². The average molecular weight is 318 g/mol. The highest BCUT2D eigenvalue weighted by molar-refractivity contribution is 7.07. The Labute approximate surface area is 135 Å². The molecule has 0 spiro atoms. The Balaban J connectivity index is 1.71. The number of methoxy groups -OCH3 is 1. The molecule has 1 atom stereocenters. The minimum Gasteiger partial charge on any atom is -0.496 e. The molecule has 0 bridgehead atoms. The second-order valence-corrected chi connectivity index (χ2v) is 6.31. The Morgan fingerprint density at radius 1 is 1.36 bits per heavy atom. The van der Waals surface area contributed by atoms with E-state index in [9.17, 15) is 0 Å². The fourth-order valence-electron chi connectivity index (χ4n) is 2.88. The SMILES string of the molecule is COc1ccccc1CN(Cc1cscn1)C[C@H]1CCCO1. The van der Waals surface area contributed by atoms with Crippen LogP contribution in [-0.2, 0) is 17.8 Å². The Morgan fingerprint density at radius 3 is 3.00 bits per heavy atom. The van der Waals surface area contributed by atoms with Crippen molar-refractivity contribution in [3.05, 3.63) is 46.4 Å². The van der Waals surface area contributed by atoms with E-state index < -0.39 is 0 Å². The lowest BCUT2D eigenvalue weighted by atomic mass is 10.1. The molecule has 22 heavy (non-hydrogen) atoms. The summed E-state index contributed by atoms with van der Waals surface area (Å²) in [7, 11) is 1.73. The van der Waals surface area contributed by atoms with Gasteiger partial charge in [-0.05, 0) is 18.9 Å². The first-order valence-electron chi connectivity index (χ1n) is 7.68. The van der Waals surface area contributed by atoms with Crippen molar-refractivity contribution in [3.8, 4) is 5.75 Å². The second kappa shape index (κ2) is 7.72. The van der Waals surface area contributed by atoms with Crippen LogP contribution >= 0.6 is 11.3 Å². The lowest BCUT2D eigenvalue weighted by Crippen LogP contribution is -2.31. The zero-order valence-electron chi connectivity index (χ0n) is 12.9. The maximum absolute atomic E-state index is 5.81. The molecule has 3 rings (SSSR count). The van der Waals surface area contributed by atoms with Crippen molar-refractivity contribution in [2.24, 2.45) is 0 Å². The number of ether oxygens (including phenoxy) is 2. The summed E-state index contributed by atoms with van der Waals surface area (Å²) in [5, 5.41) is 2.12. The fraction of sp³-hybridized carbons (Fsp3) is 0.471. The van der Waals surface area contributed by atoms with Gasteiger partial charge in [-0.15, -0.1) is 11.3 Å². The van der Waals surface area contributed by atoms with E-state index in [1.54, 1.807) is 18.4 Å². The zero-order chi connectivity index (χ0) is 15.2. The van der Waals surface area contributed by atoms with Crippen LogP contribution in [0.4, 0.5) is 0 Å². The fourth-order valence-corrected chi connectivity index (χ4v) is 3.43. The summed E-state index contributed by atoms with van der Waals surface area (Å²) in [5.41, 5.74) is 4.22. The van der Waals surface area contributed by atoms with E-state index >= 15 is 0 Å². The monoisotopic (exact) mass is 318 g/mol. The third-order valence-corrected chi connectivity index (χ3v) is 4.58. The molecule has 0 radical (unpaired) electrons. The predicted molar refractivity (Wildman–Crippen MR) is 88.2 cm³/mol. The Morgan fingerprint density at radius 2 is 2.27 bits per heavy atom. The van der Waals surface area contributed by atoms with Crippen LogP contribution < -0.4 is 4.74 Å². The Kier molecular flexibility index (Phi) is 5.43.